The topological polar surface area (TPSA) is 54.0 Å². The van der Waals surface area contributed by atoms with Crippen LogP contribution in [0.5, 0.6) is 0 Å². The van der Waals surface area contributed by atoms with Gasteiger partial charge in [0.1, 0.15) is 12.2 Å². The lowest BCUT2D eigenvalue weighted by molar-refractivity contribution is 1.11. The van der Waals surface area contributed by atoms with E-state index >= 15 is 0 Å². The molecule has 0 radical (unpaired) electrons. The van der Waals surface area contributed by atoms with E-state index < -0.39 is 0 Å². The number of aromatic nitrogens is 2. The van der Waals surface area contributed by atoms with Crippen LogP contribution < -0.4 is 0 Å². The molecule has 0 aliphatic heterocycles. The first kappa shape index (κ1) is 9.38. The molecule has 1 N–H and O–H groups in total. The van der Waals surface area contributed by atoms with Crippen LogP contribution in [0.3, 0.4) is 0 Å². The monoisotopic (exact) mass is 176 g/mol. The fourth-order valence-electron chi connectivity index (χ4n) is 0.745. The lowest BCUT2D eigenvalue weighted by atomic mass is 10.5. The maximum Gasteiger partial charge on any atom is 0.131 e. The Morgan fingerprint density at radius 3 is 2.85 bits per heavy atom. The lowest BCUT2D eigenvalue weighted by Crippen LogP contribution is -2.03. The minimum atomic E-state index is 0.350. The Morgan fingerprint density at radius 2 is 2.31 bits per heavy atom. The predicted molar refractivity (Wildman–Crippen MR) is 53.3 cm³/mol. The molecule has 1 aromatic heterocycles. The molecule has 1 aromatic rings. The van der Waals surface area contributed by atoms with E-state index in [-0.39, 0.29) is 0 Å². The summed E-state index contributed by atoms with van der Waals surface area (Å²) in [6, 6.07) is 0. The SMILES string of the molecule is CC(C)=N/C=C\C(=N)n1ccnc1. The zero-order valence-electron chi connectivity index (χ0n) is 7.73. The minimum absolute atomic E-state index is 0.350. The summed E-state index contributed by atoms with van der Waals surface area (Å²) in [5, 5.41) is 7.56. The Kier molecular flexibility index (Phi) is 3.14. The third kappa shape index (κ3) is 3.02. The van der Waals surface area contributed by atoms with Crippen LogP contribution >= 0.6 is 0 Å². The molecule has 0 spiro atoms. The van der Waals surface area contributed by atoms with Crippen molar-refractivity contribution >= 4 is 11.5 Å². The largest absolute Gasteiger partial charge is 0.291 e. The van der Waals surface area contributed by atoms with Gasteiger partial charge in [0.15, 0.2) is 0 Å². The van der Waals surface area contributed by atoms with Crippen LogP contribution in [0.15, 0.2) is 36.0 Å². The highest BCUT2D eigenvalue weighted by atomic mass is 15.1. The Morgan fingerprint density at radius 1 is 1.54 bits per heavy atom. The summed E-state index contributed by atoms with van der Waals surface area (Å²) in [4.78, 5) is 7.87. The average molecular weight is 176 g/mol. The molecule has 0 aliphatic rings. The Hall–Kier alpha value is -1.71. The van der Waals surface area contributed by atoms with Gasteiger partial charge in [0.05, 0.1) is 0 Å². The van der Waals surface area contributed by atoms with E-state index in [1.807, 2.05) is 13.8 Å². The van der Waals surface area contributed by atoms with E-state index in [4.69, 9.17) is 5.41 Å². The molecule has 0 atom stereocenters. The Balaban J connectivity index is 2.62. The maximum absolute atomic E-state index is 7.56. The van der Waals surface area contributed by atoms with E-state index in [0.29, 0.717) is 5.84 Å². The number of allylic oxidation sites excluding steroid dienone is 1. The van der Waals surface area contributed by atoms with Gasteiger partial charge < -0.3 is 0 Å². The number of hydrogen-bond donors (Lipinski definition) is 1. The maximum atomic E-state index is 7.56. The number of imidazole rings is 1. The van der Waals surface area contributed by atoms with Gasteiger partial charge in [-0.05, 0) is 19.9 Å². The van der Waals surface area contributed by atoms with Crippen molar-refractivity contribution in [1.29, 1.82) is 5.41 Å². The van der Waals surface area contributed by atoms with Crippen LogP contribution in [0.4, 0.5) is 0 Å². The lowest BCUT2D eigenvalue weighted by Gasteiger charge is -1.95. The summed E-state index contributed by atoms with van der Waals surface area (Å²) < 4.78 is 1.61. The third-order valence-electron chi connectivity index (χ3n) is 1.35. The number of rotatable bonds is 2. The summed E-state index contributed by atoms with van der Waals surface area (Å²) in [6.07, 6.45) is 8.16. The number of aliphatic imine (C=N–C) groups is 1. The summed E-state index contributed by atoms with van der Waals surface area (Å²) in [6.45, 7) is 3.82. The highest BCUT2D eigenvalue weighted by Gasteiger charge is 1.91. The quantitative estimate of drug-likeness (QED) is 0.541. The molecule has 0 aliphatic carbocycles. The average Bonchev–Trinajstić information content (AvgIpc) is 2.55. The second kappa shape index (κ2) is 4.35. The van der Waals surface area contributed by atoms with Crippen molar-refractivity contribution in [2.24, 2.45) is 4.99 Å². The summed E-state index contributed by atoms with van der Waals surface area (Å²) in [5.41, 5.74) is 0.967. The molecule has 0 saturated carbocycles. The molecule has 1 heterocycles. The first-order valence-corrected chi connectivity index (χ1v) is 3.94. The van der Waals surface area contributed by atoms with Crippen molar-refractivity contribution in [3.63, 3.8) is 0 Å². The van der Waals surface area contributed by atoms with Crippen molar-refractivity contribution in [2.45, 2.75) is 13.8 Å². The zero-order chi connectivity index (χ0) is 9.68. The van der Waals surface area contributed by atoms with Crippen LogP contribution in [0.2, 0.25) is 0 Å². The second-order valence-corrected chi connectivity index (χ2v) is 2.75. The predicted octanol–water partition coefficient (Wildman–Crippen LogP) is 1.70. The van der Waals surface area contributed by atoms with Crippen molar-refractivity contribution < 1.29 is 0 Å². The highest BCUT2D eigenvalue weighted by molar-refractivity contribution is 5.92. The molecule has 13 heavy (non-hydrogen) atoms. The first-order chi connectivity index (χ1) is 6.20. The van der Waals surface area contributed by atoms with Crippen molar-refractivity contribution in [3.8, 4) is 0 Å². The fraction of sp³-hybridized carbons (Fsp3) is 0.222. The van der Waals surface area contributed by atoms with E-state index in [9.17, 15) is 0 Å². The molecule has 0 aromatic carbocycles. The molecule has 0 fully saturated rings. The summed E-state index contributed by atoms with van der Waals surface area (Å²) in [5.74, 6) is 0.350. The van der Waals surface area contributed by atoms with Crippen LogP contribution in [0.1, 0.15) is 13.8 Å². The minimum Gasteiger partial charge on any atom is -0.291 e. The Bertz CT molecular complexity index is 329. The molecule has 0 bridgehead atoms. The van der Waals surface area contributed by atoms with Crippen LogP contribution in [0, 0.1) is 5.41 Å². The molecule has 4 nitrogen and oxygen atoms in total. The number of hydrogen-bond acceptors (Lipinski definition) is 3. The van der Waals surface area contributed by atoms with E-state index in [1.54, 1.807) is 35.6 Å². The summed E-state index contributed by atoms with van der Waals surface area (Å²) in [7, 11) is 0. The van der Waals surface area contributed by atoms with Gasteiger partial charge in [0.2, 0.25) is 0 Å². The van der Waals surface area contributed by atoms with Gasteiger partial charge >= 0.3 is 0 Å². The molecule has 0 unspecified atom stereocenters. The van der Waals surface area contributed by atoms with E-state index in [0.717, 1.165) is 5.71 Å². The van der Waals surface area contributed by atoms with Gasteiger partial charge in [0, 0.05) is 24.3 Å². The van der Waals surface area contributed by atoms with Gasteiger partial charge in [0.25, 0.3) is 0 Å². The highest BCUT2D eigenvalue weighted by Crippen LogP contribution is 1.88. The number of nitrogens with zero attached hydrogens (tertiary/aromatic N) is 3. The van der Waals surface area contributed by atoms with Gasteiger partial charge in [-0.15, -0.1) is 0 Å². The molecule has 4 heteroatoms. The van der Waals surface area contributed by atoms with E-state index in [2.05, 4.69) is 9.98 Å². The van der Waals surface area contributed by atoms with Gasteiger partial charge in [-0.25, -0.2) is 4.98 Å². The molecule has 68 valence electrons. The van der Waals surface area contributed by atoms with Crippen LogP contribution in [-0.4, -0.2) is 21.1 Å². The summed E-state index contributed by atoms with van der Waals surface area (Å²) >= 11 is 0. The van der Waals surface area contributed by atoms with Crippen molar-refractivity contribution in [2.75, 3.05) is 0 Å². The smallest absolute Gasteiger partial charge is 0.131 e. The number of nitrogens with one attached hydrogen (secondary N) is 1. The second-order valence-electron chi connectivity index (χ2n) is 2.75. The first-order valence-electron chi connectivity index (χ1n) is 3.94. The molecular weight excluding hydrogens is 164 g/mol. The standard InChI is InChI=1S/C9H12N4/c1-8(2)12-4-3-9(10)13-6-5-11-7-13/h3-7,10H,1-2H3/b4-3-,10-9?. The zero-order valence-corrected chi connectivity index (χ0v) is 7.73. The fourth-order valence-corrected chi connectivity index (χ4v) is 0.745. The molecule has 1 rings (SSSR count). The van der Waals surface area contributed by atoms with Crippen LogP contribution in [-0.2, 0) is 0 Å². The Labute approximate surface area is 77.2 Å². The van der Waals surface area contributed by atoms with E-state index in [1.165, 1.54) is 0 Å². The third-order valence-corrected chi connectivity index (χ3v) is 1.35. The molecular formula is C9H12N4. The van der Waals surface area contributed by atoms with Crippen molar-refractivity contribution in [3.05, 3.63) is 31.0 Å². The molecule has 0 amide bonds. The van der Waals surface area contributed by atoms with Gasteiger partial charge in [-0.3, -0.25) is 15.0 Å². The van der Waals surface area contributed by atoms with Crippen LogP contribution in [0.25, 0.3) is 0 Å². The van der Waals surface area contributed by atoms with Crippen molar-refractivity contribution in [1.82, 2.24) is 9.55 Å². The molecule has 0 saturated heterocycles. The van der Waals surface area contributed by atoms with Gasteiger partial charge in [-0.1, -0.05) is 0 Å². The van der Waals surface area contributed by atoms with Gasteiger partial charge in [-0.2, -0.15) is 0 Å². The normalized spacial score (nSPS) is 10.3.